The molecule has 9 nitrogen and oxygen atoms in total. The Balaban J connectivity index is 2.06. The lowest BCUT2D eigenvalue weighted by Gasteiger charge is -2.46. The molecule has 1 aromatic carbocycles. The number of hydrogen-bond acceptors (Lipinski definition) is 6. The van der Waals surface area contributed by atoms with Gasteiger partial charge in [0.1, 0.15) is 5.60 Å². The van der Waals surface area contributed by atoms with Gasteiger partial charge in [-0.1, -0.05) is 12.1 Å². The van der Waals surface area contributed by atoms with Gasteiger partial charge in [0.05, 0.1) is 34.6 Å². The van der Waals surface area contributed by atoms with E-state index in [1.807, 2.05) is 20.8 Å². The zero-order chi connectivity index (χ0) is 23.6. The van der Waals surface area contributed by atoms with Crippen LogP contribution in [0.2, 0.25) is 0 Å². The Hall–Kier alpha value is -2.68. The predicted octanol–water partition coefficient (Wildman–Crippen LogP) is 3.87. The number of non-ortho nitro benzene ring substituents is 1. The standard InChI is InChI=1S/C22H33N3O6/c1-13(14-8-10-15(11-9-14)25(28)29)23-19(26)16-12-17(30-21(2,3)4)18(16)24-20(27)31-22(5,6)7/h8-11,13,16-18H,12H2,1-7H3,(H,23,26)(H,24,27)/t13-,16+,17-,18+/m1/s1. The Morgan fingerprint density at radius 3 is 2.16 bits per heavy atom. The molecule has 2 N–H and O–H groups in total. The molecular formula is C22H33N3O6. The molecule has 0 aliphatic heterocycles. The van der Waals surface area contributed by atoms with Gasteiger partial charge in [-0.2, -0.15) is 0 Å². The normalized spacial score (nSPS) is 22.1. The highest BCUT2D eigenvalue weighted by atomic mass is 16.6. The number of nitrogens with zero attached hydrogens (tertiary/aromatic N) is 1. The third kappa shape index (κ3) is 7.20. The van der Waals surface area contributed by atoms with E-state index in [-0.39, 0.29) is 23.7 Å². The summed E-state index contributed by atoms with van der Waals surface area (Å²) in [6.07, 6.45) is -0.435. The number of carbonyl (C=O) groups excluding carboxylic acids is 2. The Morgan fingerprint density at radius 1 is 1.10 bits per heavy atom. The maximum absolute atomic E-state index is 12.9. The quantitative estimate of drug-likeness (QED) is 0.517. The average Bonchev–Trinajstić information content (AvgIpc) is 2.60. The lowest BCUT2D eigenvalue weighted by atomic mass is 9.75. The number of nitro benzene ring substituents is 1. The molecule has 0 bridgehead atoms. The van der Waals surface area contributed by atoms with Crippen LogP contribution in [0, 0.1) is 16.0 Å². The van der Waals surface area contributed by atoms with E-state index in [4.69, 9.17) is 9.47 Å². The molecule has 0 aromatic heterocycles. The van der Waals surface area contributed by atoms with Crippen molar-refractivity contribution in [2.45, 2.75) is 84.3 Å². The molecule has 0 radical (unpaired) electrons. The average molecular weight is 436 g/mol. The largest absolute Gasteiger partial charge is 0.444 e. The van der Waals surface area contributed by atoms with E-state index in [0.29, 0.717) is 6.42 Å². The van der Waals surface area contributed by atoms with Crippen LogP contribution in [0.5, 0.6) is 0 Å². The first-order chi connectivity index (χ1) is 14.2. The van der Waals surface area contributed by atoms with E-state index in [1.54, 1.807) is 39.8 Å². The number of nitro groups is 1. The van der Waals surface area contributed by atoms with Crippen molar-refractivity contribution in [2.75, 3.05) is 0 Å². The van der Waals surface area contributed by atoms with Crippen LogP contribution < -0.4 is 10.6 Å². The van der Waals surface area contributed by atoms with Gasteiger partial charge in [-0.05, 0) is 60.5 Å². The van der Waals surface area contributed by atoms with Crippen molar-refractivity contribution in [1.82, 2.24) is 10.6 Å². The smallest absolute Gasteiger partial charge is 0.407 e. The number of amides is 2. The van der Waals surface area contributed by atoms with Crippen molar-refractivity contribution in [2.24, 2.45) is 5.92 Å². The zero-order valence-electron chi connectivity index (χ0n) is 19.2. The third-order valence-electron chi connectivity index (χ3n) is 4.81. The summed E-state index contributed by atoms with van der Waals surface area (Å²) in [7, 11) is 0. The molecule has 1 aromatic rings. The lowest BCUT2D eigenvalue weighted by molar-refractivity contribution is -0.384. The van der Waals surface area contributed by atoms with E-state index < -0.39 is 34.2 Å². The minimum Gasteiger partial charge on any atom is -0.444 e. The monoisotopic (exact) mass is 435 g/mol. The van der Waals surface area contributed by atoms with Crippen LogP contribution in [0.4, 0.5) is 10.5 Å². The van der Waals surface area contributed by atoms with Gasteiger partial charge in [-0.25, -0.2) is 4.79 Å². The summed E-state index contributed by atoms with van der Waals surface area (Å²) in [4.78, 5) is 35.5. The number of nitrogens with one attached hydrogen (secondary N) is 2. The number of carbonyl (C=O) groups is 2. The van der Waals surface area contributed by atoms with Gasteiger partial charge in [-0.15, -0.1) is 0 Å². The van der Waals surface area contributed by atoms with Gasteiger partial charge >= 0.3 is 6.09 Å². The van der Waals surface area contributed by atoms with Crippen LogP contribution >= 0.6 is 0 Å². The molecule has 9 heteroatoms. The SMILES string of the molecule is C[C@@H](NC(=O)[C@H]1C[C@@H](OC(C)(C)C)[C@H]1NC(=O)OC(C)(C)C)c1ccc([N+](=O)[O-])cc1. The lowest BCUT2D eigenvalue weighted by Crippen LogP contribution is -2.63. The maximum atomic E-state index is 12.9. The number of alkyl carbamates (subject to hydrolysis) is 1. The first kappa shape index (κ1) is 24.6. The summed E-state index contributed by atoms with van der Waals surface area (Å²) in [5, 5.41) is 16.5. The molecular weight excluding hydrogens is 402 g/mol. The van der Waals surface area contributed by atoms with E-state index in [1.165, 1.54) is 12.1 Å². The summed E-state index contributed by atoms with van der Waals surface area (Å²) < 4.78 is 11.3. The van der Waals surface area contributed by atoms with E-state index in [0.717, 1.165) is 5.56 Å². The minimum atomic E-state index is -0.656. The van der Waals surface area contributed by atoms with Crippen molar-refractivity contribution in [3.8, 4) is 0 Å². The van der Waals surface area contributed by atoms with Gasteiger partial charge in [0, 0.05) is 12.1 Å². The van der Waals surface area contributed by atoms with Crippen molar-refractivity contribution >= 4 is 17.7 Å². The molecule has 1 aliphatic rings. The first-order valence-corrected chi connectivity index (χ1v) is 10.4. The van der Waals surface area contributed by atoms with Gasteiger partial charge in [-0.3, -0.25) is 14.9 Å². The molecule has 0 heterocycles. The van der Waals surface area contributed by atoms with E-state index >= 15 is 0 Å². The van der Waals surface area contributed by atoms with Crippen molar-refractivity contribution < 1.29 is 24.0 Å². The number of ether oxygens (including phenoxy) is 2. The number of hydrogen-bond donors (Lipinski definition) is 2. The minimum absolute atomic E-state index is 0.00920. The Labute approximate surface area is 183 Å². The highest BCUT2D eigenvalue weighted by Crippen LogP contribution is 2.35. The second-order valence-corrected chi connectivity index (χ2v) is 9.86. The van der Waals surface area contributed by atoms with Crippen LogP contribution in [0.15, 0.2) is 24.3 Å². The van der Waals surface area contributed by atoms with Crippen molar-refractivity contribution in [3.63, 3.8) is 0 Å². The van der Waals surface area contributed by atoms with E-state index in [9.17, 15) is 19.7 Å². The topological polar surface area (TPSA) is 120 Å². The summed E-state index contributed by atoms with van der Waals surface area (Å²) >= 11 is 0. The Kier molecular flexibility index (Phi) is 7.31. The molecule has 1 fully saturated rings. The van der Waals surface area contributed by atoms with Gasteiger partial charge in [0.15, 0.2) is 0 Å². The maximum Gasteiger partial charge on any atom is 0.407 e. The van der Waals surface area contributed by atoms with Gasteiger partial charge in [0.2, 0.25) is 5.91 Å². The number of benzene rings is 1. The molecule has 172 valence electrons. The molecule has 0 saturated heterocycles. The molecule has 31 heavy (non-hydrogen) atoms. The molecule has 4 atom stereocenters. The van der Waals surface area contributed by atoms with Gasteiger partial charge in [0.25, 0.3) is 5.69 Å². The van der Waals surface area contributed by atoms with Gasteiger partial charge < -0.3 is 20.1 Å². The molecule has 2 amide bonds. The highest BCUT2D eigenvalue weighted by molar-refractivity contribution is 5.82. The third-order valence-corrected chi connectivity index (χ3v) is 4.81. The van der Waals surface area contributed by atoms with Crippen LogP contribution in [0.3, 0.4) is 0 Å². The second kappa shape index (κ2) is 9.21. The highest BCUT2D eigenvalue weighted by Gasteiger charge is 2.49. The zero-order valence-corrected chi connectivity index (χ0v) is 19.2. The fraction of sp³-hybridized carbons (Fsp3) is 0.636. The summed E-state index contributed by atoms with van der Waals surface area (Å²) in [6.45, 7) is 12.9. The Bertz CT molecular complexity index is 810. The van der Waals surface area contributed by atoms with Crippen molar-refractivity contribution in [3.05, 3.63) is 39.9 Å². The van der Waals surface area contributed by atoms with Crippen LogP contribution in [0.1, 0.15) is 66.5 Å². The summed E-state index contributed by atoms with van der Waals surface area (Å²) in [5.41, 5.74) is -0.343. The van der Waals surface area contributed by atoms with E-state index in [2.05, 4.69) is 10.6 Å². The van der Waals surface area contributed by atoms with Crippen LogP contribution in [0.25, 0.3) is 0 Å². The number of rotatable bonds is 6. The molecule has 0 unspecified atom stereocenters. The molecule has 1 aliphatic carbocycles. The van der Waals surface area contributed by atoms with Crippen LogP contribution in [-0.2, 0) is 14.3 Å². The second-order valence-electron chi connectivity index (χ2n) is 9.86. The fourth-order valence-electron chi connectivity index (χ4n) is 3.38. The first-order valence-electron chi connectivity index (χ1n) is 10.4. The summed E-state index contributed by atoms with van der Waals surface area (Å²) in [6, 6.07) is 5.18. The predicted molar refractivity (Wildman–Crippen MR) is 116 cm³/mol. The molecule has 0 spiro atoms. The molecule has 1 saturated carbocycles. The fourth-order valence-corrected chi connectivity index (χ4v) is 3.38. The Morgan fingerprint density at radius 2 is 1.68 bits per heavy atom. The van der Waals surface area contributed by atoms with Crippen LogP contribution in [-0.4, -0.2) is 40.3 Å². The summed E-state index contributed by atoms with van der Waals surface area (Å²) in [5.74, 6) is -0.693. The molecule has 2 rings (SSSR count). The van der Waals surface area contributed by atoms with Crippen molar-refractivity contribution in [1.29, 1.82) is 0 Å².